The molecule has 4 nitrogen and oxygen atoms in total. The van der Waals surface area contributed by atoms with Crippen molar-refractivity contribution in [2.45, 2.75) is 11.9 Å². The first-order chi connectivity index (χ1) is 7.84. The third-order valence-corrected chi connectivity index (χ3v) is 4.02. The molecule has 0 radical (unpaired) electrons. The van der Waals surface area contributed by atoms with E-state index in [0.717, 1.165) is 4.88 Å². The Morgan fingerprint density at radius 1 is 1.38 bits per heavy atom. The Bertz CT molecular complexity index is 360. The number of ether oxygens (including phenoxy) is 4. The smallest absolute Gasteiger partial charge is 0.193 e. The molecule has 3 rings (SSSR count). The molecular weight excluding hydrogens is 228 g/mol. The highest BCUT2D eigenvalue weighted by atomic mass is 32.1. The fraction of sp³-hybridized carbons (Fsp3) is 0.636. The quantitative estimate of drug-likeness (QED) is 0.808. The first-order valence-corrected chi connectivity index (χ1v) is 6.17. The van der Waals surface area contributed by atoms with Gasteiger partial charge in [-0.25, -0.2) is 0 Å². The highest BCUT2D eigenvalue weighted by Crippen LogP contribution is 2.38. The summed E-state index contributed by atoms with van der Waals surface area (Å²) in [5, 5.41) is 2.10. The van der Waals surface area contributed by atoms with Gasteiger partial charge in [0.1, 0.15) is 5.60 Å². The molecule has 0 amide bonds. The summed E-state index contributed by atoms with van der Waals surface area (Å²) in [5.41, 5.74) is 0.924. The van der Waals surface area contributed by atoms with E-state index in [1.165, 1.54) is 5.56 Å². The maximum Gasteiger partial charge on any atom is 0.193 e. The molecule has 5 heteroatoms. The molecule has 2 aliphatic heterocycles. The molecule has 0 bridgehead atoms. The van der Waals surface area contributed by atoms with Crippen LogP contribution in [0.4, 0.5) is 0 Å². The second-order valence-corrected chi connectivity index (χ2v) is 4.95. The lowest BCUT2D eigenvalue weighted by Gasteiger charge is -2.39. The van der Waals surface area contributed by atoms with E-state index in [1.54, 1.807) is 18.4 Å². The van der Waals surface area contributed by atoms with Crippen molar-refractivity contribution in [3.05, 3.63) is 21.9 Å². The van der Waals surface area contributed by atoms with Crippen molar-refractivity contribution in [1.29, 1.82) is 0 Å². The Balaban J connectivity index is 1.81. The topological polar surface area (TPSA) is 36.9 Å². The van der Waals surface area contributed by atoms with Crippen molar-refractivity contribution in [1.82, 2.24) is 0 Å². The van der Waals surface area contributed by atoms with Gasteiger partial charge in [-0.2, -0.15) is 0 Å². The van der Waals surface area contributed by atoms with Gasteiger partial charge in [0.15, 0.2) is 6.29 Å². The van der Waals surface area contributed by atoms with Crippen LogP contribution < -0.4 is 0 Å². The molecule has 3 heterocycles. The van der Waals surface area contributed by atoms with Crippen LogP contribution in [0.3, 0.4) is 0 Å². The van der Waals surface area contributed by atoms with Gasteiger partial charge in [-0.3, -0.25) is 0 Å². The monoisotopic (exact) mass is 242 g/mol. The number of methoxy groups -OCH3 is 1. The van der Waals surface area contributed by atoms with Gasteiger partial charge in [-0.05, 0) is 17.0 Å². The van der Waals surface area contributed by atoms with Gasteiger partial charge in [0.2, 0.25) is 0 Å². The molecule has 0 aliphatic carbocycles. The molecule has 2 aliphatic rings. The zero-order valence-electron chi connectivity index (χ0n) is 9.10. The summed E-state index contributed by atoms with van der Waals surface area (Å²) in [6.45, 7) is 2.62. The lowest BCUT2D eigenvalue weighted by Crippen LogP contribution is -2.47. The molecule has 1 aromatic rings. The van der Waals surface area contributed by atoms with Crippen LogP contribution in [0, 0.1) is 0 Å². The number of rotatable bonds is 3. The van der Waals surface area contributed by atoms with E-state index >= 15 is 0 Å². The minimum absolute atomic E-state index is 0.186. The van der Waals surface area contributed by atoms with Crippen LogP contribution in [-0.2, 0) is 24.5 Å². The Morgan fingerprint density at radius 3 is 2.69 bits per heavy atom. The summed E-state index contributed by atoms with van der Waals surface area (Å²) in [6.07, 6.45) is -0.186. The summed E-state index contributed by atoms with van der Waals surface area (Å²) in [5.74, 6) is 0. The molecule has 0 unspecified atom stereocenters. The fourth-order valence-corrected chi connectivity index (χ4v) is 2.92. The Hall–Kier alpha value is -0.460. The largest absolute Gasteiger partial charge is 0.375 e. The van der Waals surface area contributed by atoms with Crippen LogP contribution in [0.1, 0.15) is 16.7 Å². The molecule has 2 saturated heterocycles. The van der Waals surface area contributed by atoms with Crippen LogP contribution in [-0.4, -0.2) is 33.5 Å². The van der Waals surface area contributed by atoms with Crippen molar-refractivity contribution in [2.75, 3.05) is 33.5 Å². The van der Waals surface area contributed by atoms with Gasteiger partial charge in [-0.1, -0.05) is 0 Å². The first-order valence-electron chi connectivity index (χ1n) is 5.29. The van der Waals surface area contributed by atoms with Crippen LogP contribution in [0.2, 0.25) is 0 Å². The number of thiophene rings is 1. The Labute approximate surface area is 98.1 Å². The molecule has 1 aromatic heterocycles. The lowest BCUT2D eigenvalue weighted by atomic mass is 9.94. The third kappa shape index (κ3) is 1.59. The highest BCUT2D eigenvalue weighted by Gasteiger charge is 2.41. The second-order valence-electron chi connectivity index (χ2n) is 4.00. The molecule has 88 valence electrons. The summed E-state index contributed by atoms with van der Waals surface area (Å²) in [4.78, 5) is 1.11. The van der Waals surface area contributed by atoms with E-state index in [1.807, 2.05) is 0 Å². The van der Waals surface area contributed by atoms with Crippen LogP contribution >= 0.6 is 11.3 Å². The van der Waals surface area contributed by atoms with Crippen LogP contribution in [0.15, 0.2) is 11.4 Å². The number of hydrogen-bond donors (Lipinski definition) is 0. The molecular formula is C11H14O4S. The Kier molecular flexibility index (Phi) is 2.73. The van der Waals surface area contributed by atoms with Gasteiger partial charge in [-0.15, -0.1) is 11.3 Å². The highest BCUT2D eigenvalue weighted by molar-refractivity contribution is 7.10. The minimum Gasteiger partial charge on any atom is -0.375 e. The van der Waals surface area contributed by atoms with Crippen LogP contribution in [0.25, 0.3) is 0 Å². The second kappa shape index (κ2) is 4.09. The maximum absolute atomic E-state index is 5.54. The predicted molar refractivity (Wildman–Crippen MR) is 58.5 cm³/mol. The fourth-order valence-electron chi connectivity index (χ4n) is 1.93. The SMILES string of the molecule is COC1(c2csc(C3OCCO3)c2)COC1. The van der Waals surface area contributed by atoms with E-state index in [2.05, 4.69) is 11.4 Å². The van der Waals surface area contributed by atoms with E-state index in [4.69, 9.17) is 18.9 Å². The van der Waals surface area contributed by atoms with Gasteiger partial charge in [0, 0.05) is 7.11 Å². The molecule has 0 spiro atoms. The van der Waals surface area contributed by atoms with Crippen LogP contribution in [0.5, 0.6) is 0 Å². The van der Waals surface area contributed by atoms with Gasteiger partial charge < -0.3 is 18.9 Å². The van der Waals surface area contributed by atoms with Gasteiger partial charge >= 0.3 is 0 Å². The van der Waals surface area contributed by atoms with Crippen molar-refractivity contribution in [3.63, 3.8) is 0 Å². The van der Waals surface area contributed by atoms with E-state index in [-0.39, 0.29) is 11.9 Å². The summed E-state index contributed by atoms with van der Waals surface area (Å²) < 4.78 is 21.7. The maximum atomic E-state index is 5.54. The van der Waals surface area contributed by atoms with Crippen molar-refractivity contribution in [2.24, 2.45) is 0 Å². The summed E-state index contributed by atoms with van der Waals surface area (Å²) in [6, 6.07) is 2.10. The summed E-state index contributed by atoms with van der Waals surface area (Å²) >= 11 is 1.65. The van der Waals surface area contributed by atoms with Crippen molar-refractivity contribution >= 4 is 11.3 Å². The zero-order valence-corrected chi connectivity index (χ0v) is 9.92. The standard InChI is InChI=1S/C11H14O4S/c1-12-11(6-13-7-11)8-4-9(16-5-8)10-14-2-3-15-10/h4-5,10H,2-3,6-7H2,1H3. The van der Waals surface area contributed by atoms with Crippen molar-refractivity contribution < 1.29 is 18.9 Å². The molecule has 0 aromatic carbocycles. The molecule has 0 N–H and O–H groups in total. The average Bonchev–Trinajstić information content (AvgIpc) is 2.86. The normalized spacial score (nSPS) is 24.6. The van der Waals surface area contributed by atoms with Gasteiger partial charge in [0.05, 0.1) is 31.3 Å². The molecule has 2 fully saturated rings. The molecule has 0 atom stereocenters. The lowest BCUT2D eigenvalue weighted by molar-refractivity contribution is -0.202. The minimum atomic E-state index is -0.243. The predicted octanol–water partition coefficient (Wildman–Crippen LogP) is 1.67. The summed E-state index contributed by atoms with van der Waals surface area (Å²) in [7, 11) is 1.72. The van der Waals surface area contributed by atoms with E-state index in [0.29, 0.717) is 26.4 Å². The number of hydrogen-bond acceptors (Lipinski definition) is 5. The third-order valence-electron chi connectivity index (χ3n) is 3.06. The first kappa shape index (κ1) is 10.7. The Morgan fingerprint density at radius 2 is 2.12 bits per heavy atom. The zero-order chi connectivity index (χ0) is 11.0. The van der Waals surface area contributed by atoms with Crippen molar-refractivity contribution in [3.8, 4) is 0 Å². The molecule has 0 saturated carbocycles. The molecule has 16 heavy (non-hydrogen) atoms. The average molecular weight is 242 g/mol. The van der Waals surface area contributed by atoms with Gasteiger partial charge in [0.25, 0.3) is 0 Å². The van der Waals surface area contributed by atoms with E-state index in [9.17, 15) is 0 Å². The van der Waals surface area contributed by atoms with E-state index < -0.39 is 0 Å².